The second kappa shape index (κ2) is 22.3. The van der Waals surface area contributed by atoms with Crippen molar-refractivity contribution >= 4 is 74.7 Å². The van der Waals surface area contributed by atoms with Gasteiger partial charge in [-0.1, -0.05) is 255 Å². The molecule has 0 radical (unpaired) electrons. The lowest BCUT2D eigenvalue weighted by Gasteiger charge is -2.39. The lowest BCUT2D eigenvalue weighted by Crippen LogP contribution is -2.32. The van der Waals surface area contributed by atoms with Gasteiger partial charge in [0.2, 0.25) is 0 Å². The number of hydrogen-bond acceptors (Lipinski definition) is 2. The van der Waals surface area contributed by atoms with Gasteiger partial charge >= 0.3 is 0 Å². The average Bonchev–Trinajstić information content (AvgIpc) is 3.33. The van der Waals surface area contributed by atoms with Crippen LogP contribution in [-0.2, 0) is 0 Å². The third-order valence-corrected chi connectivity index (χ3v) is 21.5. The van der Waals surface area contributed by atoms with Crippen molar-refractivity contribution in [2.75, 3.05) is 13.1 Å². The van der Waals surface area contributed by atoms with Gasteiger partial charge in [0.15, 0.2) is 0 Å². The van der Waals surface area contributed by atoms with Crippen molar-refractivity contribution in [3.63, 3.8) is 0 Å². The molecular formula is C54H52N2P4. The largest absolute Gasteiger partial charge is 0.245 e. The fourth-order valence-electron chi connectivity index (χ4n) is 7.66. The van der Waals surface area contributed by atoms with E-state index in [9.17, 15) is 0 Å². The molecule has 0 aliphatic carbocycles. The molecule has 0 atom stereocenters. The molecule has 6 heteroatoms. The van der Waals surface area contributed by atoms with Gasteiger partial charge in [-0.25, -0.2) is 8.88 Å². The van der Waals surface area contributed by atoms with Gasteiger partial charge in [0.25, 0.3) is 0 Å². The Balaban J connectivity index is 1.10. The van der Waals surface area contributed by atoms with Crippen molar-refractivity contribution in [1.29, 1.82) is 0 Å². The molecule has 0 spiro atoms. The first-order valence-corrected chi connectivity index (χ1v) is 26.2. The van der Waals surface area contributed by atoms with E-state index in [1.807, 2.05) is 0 Å². The minimum absolute atomic E-state index is 0.797. The van der Waals surface area contributed by atoms with Crippen LogP contribution < -0.4 is 42.4 Å². The summed E-state index contributed by atoms with van der Waals surface area (Å²) in [5.41, 5.74) is 0. The number of unbranched alkanes of at least 4 members (excludes halogenated alkanes) is 3. The summed E-state index contributed by atoms with van der Waals surface area (Å²) in [6.45, 7) is 2.05. The Morgan fingerprint density at radius 1 is 0.200 bits per heavy atom. The molecule has 8 rings (SSSR count). The monoisotopic (exact) mass is 852 g/mol. The first-order valence-electron chi connectivity index (χ1n) is 21.0. The topological polar surface area (TPSA) is 6.48 Å². The zero-order chi connectivity index (χ0) is 40.6. The van der Waals surface area contributed by atoms with Crippen LogP contribution in [0.25, 0.3) is 0 Å². The van der Waals surface area contributed by atoms with Crippen LogP contribution in [-0.4, -0.2) is 22.0 Å². The third kappa shape index (κ3) is 10.8. The summed E-state index contributed by atoms with van der Waals surface area (Å²) < 4.78 is 5.81. The molecule has 0 fully saturated rings. The van der Waals surface area contributed by atoms with E-state index < -0.39 is 32.3 Å². The smallest absolute Gasteiger partial charge is 0.0323 e. The molecule has 298 valence electrons. The van der Waals surface area contributed by atoms with Gasteiger partial charge in [-0.3, -0.25) is 0 Å². The molecule has 8 aromatic carbocycles. The summed E-state index contributed by atoms with van der Waals surface area (Å²) in [5, 5.41) is 11.2. The lowest BCUT2D eigenvalue weighted by atomic mass is 10.2. The Bertz CT molecular complexity index is 1900. The minimum atomic E-state index is -0.797. The Hall–Kier alpha value is -4.60. The highest BCUT2D eigenvalue weighted by Crippen LogP contribution is 2.56. The molecule has 8 aromatic rings. The van der Waals surface area contributed by atoms with Crippen LogP contribution in [0, 0.1) is 0 Å². The third-order valence-electron chi connectivity index (χ3n) is 10.4. The van der Waals surface area contributed by atoms with E-state index in [0.29, 0.717) is 0 Å². The van der Waals surface area contributed by atoms with Gasteiger partial charge in [0.1, 0.15) is 0 Å². The molecule has 0 unspecified atom stereocenters. The maximum Gasteiger partial charge on any atom is 0.0323 e. The molecule has 0 bridgehead atoms. The quantitative estimate of drug-likeness (QED) is 0.0591. The zero-order valence-corrected chi connectivity index (χ0v) is 37.6. The van der Waals surface area contributed by atoms with Crippen LogP contribution in [0.5, 0.6) is 0 Å². The van der Waals surface area contributed by atoms with E-state index in [1.54, 1.807) is 0 Å². The van der Waals surface area contributed by atoms with Crippen LogP contribution in [0.3, 0.4) is 0 Å². The second-order valence-corrected chi connectivity index (χ2v) is 23.7. The number of rotatable bonds is 19. The van der Waals surface area contributed by atoms with Crippen LogP contribution >= 0.6 is 32.3 Å². The first-order chi connectivity index (χ1) is 29.8. The molecule has 0 saturated heterocycles. The Morgan fingerprint density at radius 2 is 0.350 bits per heavy atom. The molecule has 60 heavy (non-hydrogen) atoms. The molecule has 2 nitrogen and oxygen atoms in total. The minimum Gasteiger partial charge on any atom is -0.245 e. The van der Waals surface area contributed by atoms with Crippen LogP contribution in [0.1, 0.15) is 25.7 Å². The van der Waals surface area contributed by atoms with E-state index in [0.717, 1.165) is 25.9 Å². The number of nitrogens with zero attached hydrogens (tertiary/aromatic N) is 2. The SMILES string of the molecule is c1ccc(P(c2ccccc2)N(CCCCCCN(P(c2ccccc2)c2ccccc2)P(c2ccccc2)c2ccccc2)P(c2ccccc2)c2ccccc2)cc1. The summed E-state index contributed by atoms with van der Waals surface area (Å²) in [5.74, 6) is 0. The van der Waals surface area contributed by atoms with Crippen molar-refractivity contribution < 1.29 is 0 Å². The van der Waals surface area contributed by atoms with Crippen molar-refractivity contribution in [3.05, 3.63) is 243 Å². The predicted octanol–water partition coefficient (Wildman–Crippen LogP) is 11.3. The maximum absolute atomic E-state index is 2.90. The van der Waals surface area contributed by atoms with Gasteiger partial charge in [-0.2, -0.15) is 0 Å². The normalized spacial score (nSPS) is 11.6. The summed E-state index contributed by atoms with van der Waals surface area (Å²) in [6, 6.07) is 90.1. The van der Waals surface area contributed by atoms with Gasteiger partial charge in [-0.05, 0) is 55.3 Å². The van der Waals surface area contributed by atoms with Gasteiger partial charge in [-0.15, -0.1) is 0 Å². The predicted molar refractivity (Wildman–Crippen MR) is 268 cm³/mol. The summed E-state index contributed by atoms with van der Waals surface area (Å²) in [4.78, 5) is 0. The molecular weight excluding hydrogens is 801 g/mol. The second-order valence-electron chi connectivity index (χ2n) is 14.5. The van der Waals surface area contributed by atoms with Crippen molar-refractivity contribution in [1.82, 2.24) is 8.88 Å². The molecule has 0 N–H and O–H groups in total. The average molecular weight is 853 g/mol. The number of hydrogen-bond donors (Lipinski definition) is 0. The zero-order valence-electron chi connectivity index (χ0n) is 34.0. The first kappa shape index (κ1) is 42.1. The maximum atomic E-state index is 2.90. The number of benzene rings is 8. The lowest BCUT2D eigenvalue weighted by molar-refractivity contribution is 0.557. The molecule has 0 saturated carbocycles. The van der Waals surface area contributed by atoms with Gasteiger partial charge in [0.05, 0.1) is 0 Å². The van der Waals surface area contributed by atoms with Crippen molar-refractivity contribution in [2.45, 2.75) is 25.7 Å². The fourth-order valence-corrected chi connectivity index (χ4v) is 19.9. The van der Waals surface area contributed by atoms with Crippen LogP contribution in [0.2, 0.25) is 0 Å². The Kier molecular flexibility index (Phi) is 15.7. The molecule has 0 aromatic heterocycles. The Labute approximate surface area is 363 Å². The van der Waals surface area contributed by atoms with E-state index >= 15 is 0 Å². The van der Waals surface area contributed by atoms with Crippen molar-refractivity contribution in [3.8, 4) is 0 Å². The highest BCUT2D eigenvalue weighted by Gasteiger charge is 2.33. The molecule has 0 heterocycles. The van der Waals surface area contributed by atoms with E-state index in [-0.39, 0.29) is 0 Å². The van der Waals surface area contributed by atoms with Gasteiger partial charge < -0.3 is 0 Å². The van der Waals surface area contributed by atoms with Crippen LogP contribution in [0.15, 0.2) is 243 Å². The summed E-state index contributed by atoms with van der Waals surface area (Å²) in [6.07, 6.45) is 4.62. The highest BCUT2D eigenvalue weighted by molar-refractivity contribution is 7.85. The molecule has 0 aliphatic rings. The van der Waals surface area contributed by atoms with Crippen LogP contribution in [0.4, 0.5) is 0 Å². The molecule has 0 aliphatic heterocycles. The fraction of sp³-hybridized carbons (Fsp3) is 0.111. The molecule has 0 amide bonds. The highest BCUT2D eigenvalue weighted by atomic mass is 31.2. The van der Waals surface area contributed by atoms with E-state index in [2.05, 4.69) is 252 Å². The van der Waals surface area contributed by atoms with E-state index in [4.69, 9.17) is 0 Å². The Morgan fingerprint density at radius 3 is 0.500 bits per heavy atom. The standard InChI is InChI=1S/C54H52N2P4/c1(27-45-55(57(47-29-11-3-12-30-47)48-31-13-4-14-32-48)58(49-33-15-5-16-34-49)50-35-17-6-18-36-50)2-28-46-56(59(51-37-19-7-20-38-51)52-39-21-8-22-40-52)60(53-41-23-9-24-42-53)54-43-25-10-26-44-54/h3-26,29-44H,1-2,27-28,45-46H2. The van der Waals surface area contributed by atoms with E-state index in [1.165, 1.54) is 55.3 Å². The van der Waals surface area contributed by atoms with Crippen molar-refractivity contribution in [2.24, 2.45) is 0 Å². The summed E-state index contributed by atoms with van der Waals surface area (Å²) >= 11 is 0. The van der Waals surface area contributed by atoms with Gasteiger partial charge in [0, 0.05) is 45.4 Å². The summed E-state index contributed by atoms with van der Waals surface area (Å²) in [7, 11) is -3.19.